The SMILES string of the molecule is CCCCCC/C=C\C=C/CCCCCCCC(=O)OC[C@H](COP(=O)(O)OC[C@@H](O)COP(=O)(O)OC[C@@H](COC(=O)CCCCCCCCCCC)OC(=O)CCCCCCCCCCCCCCCC)OC(=O)CCCCCCCCCCCCCCCCCCCCC(C)C. The fraction of sp³-hybridized carbons (Fsp3) is 0.900. The van der Waals surface area contributed by atoms with Gasteiger partial charge in [-0.25, -0.2) is 9.13 Å². The summed E-state index contributed by atoms with van der Waals surface area (Å²) in [6, 6.07) is 0. The molecule has 0 saturated carbocycles. The Labute approximate surface area is 605 Å². The van der Waals surface area contributed by atoms with E-state index >= 15 is 0 Å². The fourth-order valence-corrected chi connectivity index (χ4v) is 13.4. The second kappa shape index (κ2) is 72.5. The summed E-state index contributed by atoms with van der Waals surface area (Å²) in [7, 11) is -9.92. The normalized spacial score (nSPS) is 14.0. The smallest absolute Gasteiger partial charge is 0.462 e. The van der Waals surface area contributed by atoms with Crippen LogP contribution in [0, 0.1) is 5.92 Å². The number of hydrogen-bond donors (Lipinski definition) is 3. The van der Waals surface area contributed by atoms with Crippen molar-refractivity contribution in [2.45, 2.75) is 419 Å². The molecule has 0 amide bonds. The Kier molecular flexibility index (Phi) is 70.7. The van der Waals surface area contributed by atoms with Gasteiger partial charge in [0.2, 0.25) is 0 Å². The minimum Gasteiger partial charge on any atom is -0.462 e. The summed E-state index contributed by atoms with van der Waals surface area (Å²) < 4.78 is 68.6. The number of carbonyl (C=O) groups excluding carboxylic acids is 4. The van der Waals surface area contributed by atoms with Crippen LogP contribution in [-0.2, 0) is 65.4 Å². The van der Waals surface area contributed by atoms with Gasteiger partial charge in [-0.3, -0.25) is 37.3 Å². The van der Waals surface area contributed by atoms with Crippen LogP contribution in [0.25, 0.3) is 0 Å². The van der Waals surface area contributed by atoms with E-state index in [1.807, 2.05) is 0 Å². The van der Waals surface area contributed by atoms with Crippen LogP contribution in [0.1, 0.15) is 401 Å². The zero-order chi connectivity index (χ0) is 72.7. The van der Waals surface area contributed by atoms with Crippen LogP contribution in [0.3, 0.4) is 0 Å². The van der Waals surface area contributed by atoms with Crippen LogP contribution in [0.5, 0.6) is 0 Å². The average Bonchev–Trinajstić information content (AvgIpc) is 1.35. The number of aliphatic hydroxyl groups is 1. The Morgan fingerprint density at radius 3 is 0.828 bits per heavy atom. The maximum Gasteiger partial charge on any atom is 0.472 e. The maximum absolute atomic E-state index is 13.1. The largest absolute Gasteiger partial charge is 0.472 e. The molecule has 0 radical (unpaired) electrons. The minimum absolute atomic E-state index is 0.102. The van der Waals surface area contributed by atoms with E-state index in [2.05, 4.69) is 58.9 Å². The van der Waals surface area contributed by atoms with Crippen molar-refractivity contribution in [2.24, 2.45) is 5.92 Å². The van der Waals surface area contributed by atoms with Gasteiger partial charge < -0.3 is 33.8 Å². The third-order valence-electron chi connectivity index (χ3n) is 18.2. The monoisotopic (exact) mass is 1450 g/mol. The van der Waals surface area contributed by atoms with Gasteiger partial charge in [0.15, 0.2) is 12.2 Å². The number of ether oxygens (including phenoxy) is 4. The molecule has 0 bridgehead atoms. The number of phosphoric ester groups is 2. The van der Waals surface area contributed by atoms with Crippen LogP contribution in [0.15, 0.2) is 24.3 Å². The van der Waals surface area contributed by atoms with Gasteiger partial charge in [-0.2, -0.15) is 0 Å². The van der Waals surface area contributed by atoms with E-state index in [1.54, 1.807) is 0 Å². The van der Waals surface area contributed by atoms with E-state index in [0.29, 0.717) is 25.7 Å². The quantitative estimate of drug-likeness (QED) is 0.0169. The summed E-state index contributed by atoms with van der Waals surface area (Å²) in [5, 5.41) is 10.6. The van der Waals surface area contributed by atoms with E-state index in [0.717, 1.165) is 115 Å². The molecule has 584 valence electrons. The van der Waals surface area contributed by atoms with Gasteiger partial charge in [0.25, 0.3) is 0 Å². The lowest BCUT2D eigenvalue weighted by Gasteiger charge is -2.21. The molecular formula is C80H152O17P2. The Morgan fingerprint density at radius 1 is 0.313 bits per heavy atom. The van der Waals surface area contributed by atoms with Gasteiger partial charge in [0.1, 0.15) is 19.3 Å². The summed E-state index contributed by atoms with van der Waals surface area (Å²) in [4.78, 5) is 72.9. The summed E-state index contributed by atoms with van der Waals surface area (Å²) in [6.45, 7) is 7.28. The average molecular weight is 1450 g/mol. The standard InChI is InChI=1S/C80H152O17P2/c1-6-9-12-15-18-21-23-25-31-36-39-44-49-54-59-64-78(83)91-70-76(97-80(85)66-61-56-51-46-41-37-33-30-28-27-29-32-34-38-43-47-52-57-62-73(4)5)72-95-99(88,89)93-68-74(81)67-92-98(86,87)94-71-75(69-90-77(82)63-58-53-48-42-20-17-14-11-8-3)96-79(84)65-60-55-50-45-40-35-26-24-22-19-16-13-10-7-2/h21,23,25,31,73-76,81H,6-20,22,24,26-30,32-72H2,1-5H3,(H,86,87)(H,88,89)/b23-21-,31-25-/t74-,75+,76+/m0/s1. The molecule has 99 heavy (non-hydrogen) atoms. The van der Waals surface area contributed by atoms with E-state index in [-0.39, 0.29) is 25.7 Å². The molecule has 5 atom stereocenters. The van der Waals surface area contributed by atoms with Crippen LogP contribution < -0.4 is 0 Å². The minimum atomic E-state index is -4.97. The number of allylic oxidation sites excluding steroid dienone is 4. The molecule has 0 saturated heterocycles. The predicted octanol–water partition coefficient (Wildman–Crippen LogP) is 23.6. The molecule has 17 nitrogen and oxygen atoms in total. The Bertz CT molecular complexity index is 1990. The first kappa shape index (κ1) is 96.5. The van der Waals surface area contributed by atoms with Gasteiger partial charge in [-0.1, -0.05) is 348 Å². The molecule has 0 aromatic rings. The number of aliphatic hydroxyl groups excluding tert-OH is 1. The number of esters is 4. The molecule has 0 spiro atoms. The maximum atomic E-state index is 13.1. The second-order valence-electron chi connectivity index (χ2n) is 28.6. The zero-order valence-corrected chi connectivity index (χ0v) is 65.9. The first-order valence-electron chi connectivity index (χ1n) is 41.0. The van der Waals surface area contributed by atoms with Gasteiger partial charge in [-0.05, 0) is 57.3 Å². The van der Waals surface area contributed by atoms with Crippen molar-refractivity contribution >= 4 is 39.5 Å². The van der Waals surface area contributed by atoms with Crippen LogP contribution >= 0.6 is 15.6 Å². The predicted molar refractivity (Wildman–Crippen MR) is 404 cm³/mol. The van der Waals surface area contributed by atoms with Gasteiger partial charge in [-0.15, -0.1) is 0 Å². The van der Waals surface area contributed by atoms with Crippen molar-refractivity contribution in [3.63, 3.8) is 0 Å². The third-order valence-corrected chi connectivity index (χ3v) is 20.1. The van der Waals surface area contributed by atoms with Crippen molar-refractivity contribution < 1.29 is 80.2 Å². The van der Waals surface area contributed by atoms with Gasteiger partial charge in [0, 0.05) is 25.7 Å². The highest BCUT2D eigenvalue weighted by atomic mass is 31.2. The van der Waals surface area contributed by atoms with E-state index < -0.39 is 97.5 Å². The number of rotatable bonds is 78. The molecule has 3 N–H and O–H groups in total. The molecule has 0 aromatic heterocycles. The summed E-state index contributed by atoms with van der Waals surface area (Å²) >= 11 is 0. The van der Waals surface area contributed by atoms with Crippen LogP contribution in [0.2, 0.25) is 0 Å². The Balaban J connectivity index is 5.23. The number of carbonyl (C=O) groups is 4. The van der Waals surface area contributed by atoms with Gasteiger partial charge in [0.05, 0.1) is 26.4 Å². The van der Waals surface area contributed by atoms with E-state index in [4.69, 9.17) is 37.0 Å². The molecule has 0 aliphatic carbocycles. The van der Waals surface area contributed by atoms with Crippen molar-refractivity contribution in [3.8, 4) is 0 Å². The lowest BCUT2D eigenvalue weighted by atomic mass is 10.0. The van der Waals surface area contributed by atoms with Crippen molar-refractivity contribution in [1.29, 1.82) is 0 Å². The van der Waals surface area contributed by atoms with Crippen molar-refractivity contribution in [3.05, 3.63) is 24.3 Å². The van der Waals surface area contributed by atoms with Crippen molar-refractivity contribution in [1.82, 2.24) is 0 Å². The highest BCUT2D eigenvalue weighted by Crippen LogP contribution is 2.45. The fourth-order valence-electron chi connectivity index (χ4n) is 11.9. The first-order chi connectivity index (χ1) is 48.0. The lowest BCUT2D eigenvalue weighted by Crippen LogP contribution is -2.30. The molecule has 0 rings (SSSR count). The van der Waals surface area contributed by atoms with Crippen LogP contribution in [0.4, 0.5) is 0 Å². The van der Waals surface area contributed by atoms with Crippen molar-refractivity contribution in [2.75, 3.05) is 39.6 Å². The first-order valence-corrected chi connectivity index (χ1v) is 43.9. The summed E-state index contributed by atoms with van der Waals surface area (Å²) in [6.07, 6.45) is 66.0. The number of hydrogen-bond acceptors (Lipinski definition) is 15. The topological polar surface area (TPSA) is 237 Å². The lowest BCUT2D eigenvalue weighted by molar-refractivity contribution is -0.161. The van der Waals surface area contributed by atoms with Gasteiger partial charge >= 0.3 is 39.5 Å². The Hall–Kier alpha value is -2.46. The van der Waals surface area contributed by atoms with E-state index in [9.17, 15) is 43.2 Å². The molecule has 2 unspecified atom stereocenters. The zero-order valence-electron chi connectivity index (χ0n) is 64.1. The number of unbranched alkanes of at least 4 members (excludes halogenated alkanes) is 47. The second-order valence-corrected chi connectivity index (χ2v) is 31.5. The summed E-state index contributed by atoms with van der Waals surface area (Å²) in [5.74, 6) is -1.32. The summed E-state index contributed by atoms with van der Waals surface area (Å²) in [5.41, 5.74) is 0. The van der Waals surface area contributed by atoms with E-state index in [1.165, 1.54) is 205 Å². The molecular weight excluding hydrogens is 1290 g/mol. The third kappa shape index (κ3) is 73.6. The molecule has 0 heterocycles. The molecule has 0 aromatic carbocycles. The van der Waals surface area contributed by atoms with Crippen LogP contribution in [-0.4, -0.2) is 96.7 Å². The molecule has 19 heteroatoms. The highest BCUT2D eigenvalue weighted by molar-refractivity contribution is 7.47. The highest BCUT2D eigenvalue weighted by Gasteiger charge is 2.30. The molecule has 0 fully saturated rings. The molecule has 0 aliphatic rings. The Morgan fingerprint density at radius 2 is 0.545 bits per heavy atom. The number of phosphoric acid groups is 2. The molecule has 0 aliphatic heterocycles.